The molecule has 0 bridgehead atoms. The van der Waals surface area contributed by atoms with Gasteiger partial charge in [-0.3, -0.25) is 14.3 Å². The summed E-state index contributed by atoms with van der Waals surface area (Å²) in [4.78, 5) is 25.8. The van der Waals surface area contributed by atoms with E-state index in [1.54, 1.807) is 13.0 Å². The standard InChI is InChI=1S/C14H15F2N3O2.FH2N/c1-2-19-12(20)7-11(18-14(19)21)17-8-9-4-3-5-10(6-9)13(15)16;1-2/h3-7,13,17H,2,8H2,1H3,(H,18,21);2H2. The highest BCUT2D eigenvalue weighted by Crippen LogP contribution is 2.19. The van der Waals surface area contributed by atoms with Crippen LogP contribution in [-0.2, 0) is 13.1 Å². The van der Waals surface area contributed by atoms with Crippen molar-refractivity contribution in [3.8, 4) is 0 Å². The van der Waals surface area contributed by atoms with Gasteiger partial charge in [0.05, 0.1) is 0 Å². The molecule has 1 heterocycles. The van der Waals surface area contributed by atoms with Gasteiger partial charge in [0.25, 0.3) is 12.0 Å². The third-order valence-electron chi connectivity index (χ3n) is 3.02. The molecule has 0 aliphatic carbocycles. The van der Waals surface area contributed by atoms with Crippen molar-refractivity contribution in [3.05, 3.63) is 62.3 Å². The highest BCUT2D eigenvalue weighted by atomic mass is 19.3. The van der Waals surface area contributed by atoms with E-state index in [4.69, 9.17) is 4.48 Å². The van der Waals surface area contributed by atoms with Crippen LogP contribution in [0.2, 0.25) is 0 Å². The van der Waals surface area contributed by atoms with Gasteiger partial charge in [-0.25, -0.2) is 13.6 Å². The van der Waals surface area contributed by atoms with E-state index < -0.39 is 17.7 Å². The molecule has 9 heteroatoms. The van der Waals surface area contributed by atoms with Crippen LogP contribution in [0.1, 0.15) is 24.5 Å². The smallest absolute Gasteiger partial charge is 0.329 e. The van der Waals surface area contributed by atoms with E-state index >= 15 is 0 Å². The number of nitrogens with two attached hydrogens (primary N) is 1. The minimum absolute atomic E-state index is 0.0656. The largest absolute Gasteiger partial charge is 0.367 e. The summed E-state index contributed by atoms with van der Waals surface area (Å²) in [6.07, 6.45) is -2.53. The molecule has 1 aromatic carbocycles. The first kappa shape index (κ1) is 18.5. The average molecular weight is 330 g/mol. The van der Waals surface area contributed by atoms with Crippen molar-refractivity contribution >= 4 is 5.82 Å². The van der Waals surface area contributed by atoms with Crippen LogP contribution in [0.3, 0.4) is 0 Å². The molecule has 0 saturated heterocycles. The van der Waals surface area contributed by atoms with Crippen molar-refractivity contribution in [3.63, 3.8) is 0 Å². The molecule has 4 N–H and O–H groups in total. The highest BCUT2D eigenvalue weighted by molar-refractivity contribution is 5.34. The molecule has 0 amide bonds. The molecule has 2 aromatic rings. The maximum Gasteiger partial charge on any atom is 0.329 e. The summed E-state index contributed by atoms with van der Waals surface area (Å²) in [5.74, 6) is 3.26. The van der Waals surface area contributed by atoms with Crippen molar-refractivity contribution in [2.45, 2.75) is 26.4 Å². The molecule has 0 radical (unpaired) electrons. The van der Waals surface area contributed by atoms with Crippen molar-refractivity contribution in [1.29, 1.82) is 0 Å². The van der Waals surface area contributed by atoms with Crippen molar-refractivity contribution in [2.24, 2.45) is 5.96 Å². The number of halogens is 3. The van der Waals surface area contributed by atoms with Crippen LogP contribution in [-0.4, -0.2) is 9.55 Å². The molecule has 0 aliphatic heterocycles. The Balaban J connectivity index is 0.00000127. The molecule has 0 saturated carbocycles. The third kappa shape index (κ3) is 4.99. The fraction of sp³-hybridized carbons (Fsp3) is 0.286. The number of hydrogen-bond acceptors (Lipinski definition) is 4. The molecule has 126 valence electrons. The van der Waals surface area contributed by atoms with E-state index in [9.17, 15) is 18.4 Å². The zero-order chi connectivity index (χ0) is 17.4. The van der Waals surface area contributed by atoms with Gasteiger partial charge in [0.15, 0.2) is 0 Å². The molecule has 0 spiro atoms. The van der Waals surface area contributed by atoms with E-state index in [0.717, 1.165) is 4.57 Å². The Labute approximate surface area is 129 Å². The van der Waals surface area contributed by atoms with Gasteiger partial charge in [0.1, 0.15) is 5.82 Å². The summed E-state index contributed by atoms with van der Waals surface area (Å²) < 4.78 is 35.2. The molecule has 0 unspecified atom stereocenters. The molecule has 0 atom stereocenters. The van der Waals surface area contributed by atoms with Crippen LogP contribution < -0.4 is 22.5 Å². The second kappa shape index (κ2) is 8.79. The summed E-state index contributed by atoms with van der Waals surface area (Å²) in [6, 6.07) is 7.21. The predicted octanol–water partition coefficient (Wildman–Crippen LogP) is 1.94. The van der Waals surface area contributed by atoms with Crippen LogP contribution in [0.25, 0.3) is 0 Å². The van der Waals surface area contributed by atoms with E-state index in [2.05, 4.69) is 16.3 Å². The van der Waals surface area contributed by atoms with Gasteiger partial charge in [0.2, 0.25) is 0 Å². The minimum atomic E-state index is -2.53. The summed E-state index contributed by atoms with van der Waals surface area (Å²) in [5.41, 5.74) is -0.351. The summed E-state index contributed by atoms with van der Waals surface area (Å²) in [6.45, 7) is 2.20. The van der Waals surface area contributed by atoms with Crippen molar-refractivity contribution < 1.29 is 13.3 Å². The normalized spacial score (nSPS) is 10.2. The number of benzene rings is 1. The number of nitrogens with zero attached hydrogens (tertiary/aromatic N) is 1. The molecule has 0 fully saturated rings. The molecular weight excluding hydrogens is 313 g/mol. The fourth-order valence-corrected chi connectivity index (χ4v) is 1.95. The first-order chi connectivity index (χ1) is 11.0. The lowest BCUT2D eigenvalue weighted by Gasteiger charge is -2.08. The number of hydrogen-bond donors (Lipinski definition) is 3. The van der Waals surface area contributed by atoms with Gasteiger partial charge in [-0.05, 0) is 18.6 Å². The van der Waals surface area contributed by atoms with Crippen molar-refractivity contribution in [1.82, 2.24) is 9.55 Å². The Bertz CT molecular complexity index is 712. The first-order valence-electron chi connectivity index (χ1n) is 6.68. The Morgan fingerprint density at radius 2 is 1.96 bits per heavy atom. The average Bonchev–Trinajstić information content (AvgIpc) is 2.55. The van der Waals surface area contributed by atoms with E-state index in [0.29, 0.717) is 5.56 Å². The quantitative estimate of drug-likeness (QED) is 0.731. The maximum atomic E-state index is 12.6. The number of alkyl halides is 2. The zero-order valence-corrected chi connectivity index (χ0v) is 12.4. The number of nitrogens with one attached hydrogen (secondary N) is 2. The number of aromatic nitrogens is 2. The third-order valence-corrected chi connectivity index (χ3v) is 3.02. The summed E-state index contributed by atoms with van der Waals surface area (Å²) in [5, 5.41) is 2.85. The summed E-state index contributed by atoms with van der Waals surface area (Å²) >= 11 is 0. The molecular formula is C14H17F3N4O2. The predicted molar refractivity (Wildman–Crippen MR) is 81.0 cm³/mol. The lowest BCUT2D eigenvalue weighted by molar-refractivity contribution is 0.151. The second-order valence-electron chi connectivity index (χ2n) is 4.47. The van der Waals surface area contributed by atoms with E-state index in [1.807, 2.05) is 0 Å². The van der Waals surface area contributed by atoms with E-state index in [-0.39, 0.29) is 24.5 Å². The molecule has 6 nitrogen and oxygen atoms in total. The van der Waals surface area contributed by atoms with E-state index in [1.165, 1.54) is 24.3 Å². The zero-order valence-electron chi connectivity index (χ0n) is 12.4. The number of rotatable bonds is 5. The first-order valence-corrected chi connectivity index (χ1v) is 6.68. The topological polar surface area (TPSA) is 92.9 Å². The van der Waals surface area contributed by atoms with Crippen LogP contribution in [0.15, 0.2) is 39.9 Å². The summed E-state index contributed by atoms with van der Waals surface area (Å²) in [7, 11) is 0. The Morgan fingerprint density at radius 3 is 2.52 bits per heavy atom. The van der Waals surface area contributed by atoms with Gasteiger partial charge in [-0.1, -0.05) is 18.2 Å². The minimum Gasteiger partial charge on any atom is -0.367 e. The van der Waals surface area contributed by atoms with Crippen LogP contribution in [0.5, 0.6) is 0 Å². The number of anilines is 1. The van der Waals surface area contributed by atoms with Gasteiger partial charge in [-0.15, -0.1) is 4.48 Å². The molecule has 0 aliphatic rings. The van der Waals surface area contributed by atoms with Crippen molar-refractivity contribution in [2.75, 3.05) is 5.32 Å². The fourth-order valence-electron chi connectivity index (χ4n) is 1.95. The lowest BCUT2D eigenvalue weighted by atomic mass is 10.1. The Kier molecular flexibility index (Phi) is 7.07. The Morgan fingerprint density at radius 1 is 1.26 bits per heavy atom. The number of H-pyrrole nitrogens is 1. The van der Waals surface area contributed by atoms with Crippen LogP contribution >= 0.6 is 0 Å². The van der Waals surface area contributed by atoms with Gasteiger partial charge >= 0.3 is 5.69 Å². The molecule has 1 aromatic heterocycles. The molecule has 2 rings (SSSR count). The lowest BCUT2D eigenvalue weighted by Crippen LogP contribution is -2.34. The van der Waals surface area contributed by atoms with Gasteiger partial charge in [0, 0.05) is 24.7 Å². The molecule has 23 heavy (non-hydrogen) atoms. The second-order valence-corrected chi connectivity index (χ2v) is 4.47. The van der Waals surface area contributed by atoms with Gasteiger partial charge in [-0.2, -0.15) is 5.96 Å². The Hall–Kier alpha value is -2.55. The SMILES string of the molecule is CCn1c(=O)cc(NCc2cccc(C(F)F)c2)[nH]c1=O.NF. The van der Waals surface area contributed by atoms with Crippen LogP contribution in [0.4, 0.5) is 19.1 Å². The monoisotopic (exact) mass is 330 g/mol. The van der Waals surface area contributed by atoms with Gasteiger partial charge < -0.3 is 5.32 Å². The highest BCUT2D eigenvalue weighted by Gasteiger charge is 2.07. The van der Waals surface area contributed by atoms with Crippen LogP contribution in [0, 0.1) is 0 Å². The maximum absolute atomic E-state index is 12.6. The number of aromatic amines is 1.